The highest BCUT2D eigenvalue weighted by atomic mass is 19.4. The lowest BCUT2D eigenvalue weighted by Crippen LogP contribution is -2.52. The van der Waals surface area contributed by atoms with Gasteiger partial charge in [-0.25, -0.2) is 0 Å². The third-order valence-corrected chi connectivity index (χ3v) is 4.54. The Hall–Kier alpha value is -2.99. The van der Waals surface area contributed by atoms with Crippen molar-refractivity contribution in [3.63, 3.8) is 0 Å². The SMILES string of the molecule is CN=C(NCC#Cc1ccc(C(F)(F)F)cc1)N1CCN(Cc2ccon2)CC1. The Morgan fingerprint density at radius 3 is 2.48 bits per heavy atom. The van der Waals surface area contributed by atoms with Gasteiger partial charge >= 0.3 is 6.18 Å². The summed E-state index contributed by atoms with van der Waals surface area (Å²) in [5, 5.41) is 7.12. The van der Waals surface area contributed by atoms with E-state index in [-0.39, 0.29) is 0 Å². The second kappa shape index (κ2) is 9.47. The van der Waals surface area contributed by atoms with Crippen molar-refractivity contribution in [2.45, 2.75) is 12.7 Å². The minimum atomic E-state index is -4.33. The monoisotopic (exact) mass is 405 g/mol. The molecule has 0 atom stereocenters. The van der Waals surface area contributed by atoms with Crippen molar-refractivity contribution in [3.8, 4) is 11.8 Å². The number of guanidine groups is 1. The van der Waals surface area contributed by atoms with Gasteiger partial charge in [-0.15, -0.1) is 0 Å². The van der Waals surface area contributed by atoms with Gasteiger partial charge in [-0.2, -0.15) is 13.2 Å². The van der Waals surface area contributed by atoms with Gasteiger partial charge in [0.1, 0.15) is 6.26 Å². The fourth-order valence-electron chi connectivity index (χ4n) is 3.01. The van der Waals surface area contributed by atoms with Crippen molar-refractivity contribution in [3.05, 3.63) is 53.4 Å². The molecule has 0 bridgehead atoms. The first-order valence-corrected chi connectivity index (χ1v) is 9.19. The van der Waals surface area contributed by atoms with Crippen LogP contribution in [0.3, 0.4) is 0 Å². The van der Waals surface area contributed by atoms with Gasteiger partial charge < -0.3 is 14.7 Å². The first kappa shape index (κ1) is 20.7. The Balaban J connectivity index is 1.45. The summed E-state index contributed by atoms with van der Waals surface area (Å²) in [7, 11) is 1.72. The van der Waals surface area contributed by atoms with E-state index in [0.717, 1.165) is 56.5 Å². The summed E-state index contributed by atoms with van der Waals surface area (Å²) in [6, 6.07) is 6.68. The number of aromatic nitrogens is 1. The van der Waals surface area contributed by atoms with Crippen LogP contribution in [-0.2, 0) is 12.7 Å². The fraction of sp³-hybridized carbons (Fsp3) is 0.400. The lowest BCUT2D eigenvalue weighted by Gasteiger charge is -2.35. The summed E-state index contributed by atoms with van der Waals surface area (Å²) < 4.78 is 42.6. The van der Waals surface area contributed by atoms with Crippen molar-refractivity contribution < 1.29 is 17.7 Å². The molecule has 9 heteroatoms. The summed E-state index contributed by atoms with van der Waals surface area (Å²) >= 11 is 0. The van der Waals surface area contributed by atoms with Crippen LogP contribution in [0.25, 0.3) is 0 Å². The summed E-state index contributed by atoms with van der Waals surface area (Å²) in [5.41, 5.74) is 0.778. The van der Waals surface area contributed by atoms with Crippen molar-refractivity contribution in [2.24, 2.45) is 4.99 Å². The van der Waals surface area contributed by atoms with E-state index in [9.17, 15) is 13.2 Å². The molecular weight excluding hydrogens is 383 g/mol. The minimum absolute atomic E-state index is 0.354. The van der Waals surface area contributed by atoms with Crippen LogP contribution in [0.1, 0.15) is 16.8 Å². The van der Waals surface area contributed by atoms with Crippen LogP contribution >= 0.6 is 0 Å². The molecule has 1 N–H and O–H groups in total. The molecule has 1 aromatic heterocycles. The van der Waals surface area contributed by atoms with E-state index in [4.69, 9.17) is 4.52 Å². The van der Waals surface area contributed by atoms with E-state index in [0.29, 0.717) is 12.1 Å². The number of benzene rings is 1. The van der Waals surface area contributed by atoms with Crippen molar-refractivity contribution in [1.29, 1.82) is 0 Å². The quantitative estimate of drug-likeness (QED) is 0.483. The van der Waals surface area contributed by atoms with Crippen LogP contribution in [0.5, 0.6) is 0 Å². The highest BCUT2D eigenvalue weighted by Gasteiger charge is 2.29. The van der Waals surface area contributed by atoms with E-state index in [1.165, 1.54) is 12.1 Å². The largest absolute Gasteiger partial charge is 0.416 e. The Morgan fingerprint density at radius 2 is 1.90 bits per heavy atom. The second-order valence-corrected chi connectivity index (χ2v) is 6.53. The maximum absolute atomic E-state index is 12.6. The second-order valence-electron chi connectivity index (χ2n) is 6.53. The molecule has 0 amide bonds. The standard InChI is InChI=1S/C20H22F3N5O/c1-24-19(28-12-10-27(11-13-28)15-18-8-14-29-26-18)25-9-2-3-16-4-6-17(7-5-16)20(21,22)23/h4-8,14H,9-13,15H2,1H3,(H,24,25). The highest BCUT2D eigenvalue weighted by Crippen LogP contribution is 2.28. The number of halogens is 3. The van der Waals surface area contributed by atoms with Crippen LogP contribution in [0.2, 0.25) is 0 Å². The number of nitrogens with zero attached hydrogens (tertiary/aromatic N) is 4. The molecule has 154 valence electrons. The molecule has 29 heavy (non-hydrogen) atoms. The third-order valence-electron chi connectivity index (χ3n) is 4.54. The maximum atomic E-state index is 12.6. The van der Waals surface area contributed by atoms with Crippen LogP contribution < -0.4 is 5.32 Å². The van der Waals surface area contributed by atoms with Gasteiger partial charge in [0.2, 0.25) is 0 Å². The average Bonchev–Trinajstić information content (AvgIpc) is 3.22. The molecule has 0 radical (unpaired) electrons. The van der Waals surface area contributed by atoms with Gasteiger partial charge in [0.15, 0.2) is 5.96 Å². The third kappa shape index (κ3) is 5.99. The number of hydrogen-bond donors (Lipinski definition) is 1. The van der Waals surface area contributed by atoms with Gasteiger partial charge in [0.05, 0.1) is 17.8 Å². The zero-order valence-electron chi connectivity index (χ0n) is 16.0. The first-order chi connectivity index (χ1) is 14.0. The predicted molar refractivity (Wildman–Crippen MR) is 103 cm³/mol. The van der Waals surface area contributed by atoms with Gasteiger partial charge in [0.25, 0.3) is 0 Å². The smallest absolute Gasteiger partial charge is 0.364 e. The zero-order valence-corrected chi connectivity index (χ0v) is 16.0. The number of piperazine rings is 1. The Labute approximate surface area is 167 Å². The molecule has 0 unspecified atom stereocenters. The van der Waals surface area contributed by atoms with Gasteiger partial charge in [-0.05, 0) is 24.3 Å². The minimum Gasteiger partial charge on any atom is -0.364 e. The fourth-order valence-corrected chi connectivity index (χ4v) is 3.01. The zero-order chi connectivity index (χ0) is 20.7. The maximum Gasteiger partial charge on any atom is 0.416 e. The number of rotatable bonds is 3. The number of hydrogen-bond acceptors (Lipinski definition) is 4. The number of aliphatic imine (C=N–C) groups is 1. The molecule has 3 rings (SSSR count). The lowest BCUT2D eigenvalue weighted by atomic mass is 10.1. The number of nitrogens with one attached hydrogen (secondary N) is 1. The molecule has 0 spiro atoms. The van der Waals surface area contributed by atoms with Crippen molar-refractivity contribution >= 4 is 5.96 Å². The van der Waals surface area contributed by atoms with Crippen LogP contribution in [-0.4, -0.2) is 60.7 Å². The first-order valence-electron chi connectivity index (χ1n) is 9.19. The lowest BCUT2D eigenvalue weighted by molar-refractivity contribution is -0.137. The van der Waals surface area contributed by atoms with E-state index in [2.05, 4.69) is 37.1 Å². The van der Waals surface area contributed by atoms with Gasteiger partial charge in [-0.1, -0.05) is 17.0 Å². The van der Waals surface area contributed by atoms with Crippen LogP contribution in [0.4, 0.5) is 13.2 Å². The molecule has 1 aliphatic heterocycles. The van der Waals surface area contributed by atoms with E-state index >= 15 is 0 Å². The molecule has 0 saturated carbocycles. The average molecular weight is 405 g/mol. The van der Waals surface area contributed by atoms with E-state index in [1.807, 2.05) is 6.07 Å². The van der Waals surface area contributed by atoms with Crippen molar-refractivity contribution in [2.75, 3.05) is 39.8 Å². The van der Waals surface area contributed by atoms with Crippen LogP contribution in [0, 0.1) is 11.8 Å². The topological polar surface area (TPSA) is 56.9 Å². The molecule has 0 aliphatic carbocycles. The molecule has 2 aromatic rings. The molecule has 1 fully saturated rings. The molecule has 2 heterocycles. The Bertz CT molecular complexity index is 858. The summed E-state index contributed by atoms with van der Waals surface area (Å²) in [5.74, 6) is 6.54. The molecule has 1 aliphatic rings. The summed E-state index contributed by atoms with van der Waals surface area (Å²) in [6.07, 6.45) is -2.76. The molecular formula is C20H22F3N5O. The summed E-state index contributed by atoms with van der Waals surface area (Å²) in [4.78, 5) is 8.74. The van der Waals surface area contributed by atoms with Gasteiger partial charge in [-0.3, -0.25) is 9.89 Å². The van der Waals surface area contributed by atoms with Crippen molar-refractivity contribution in [1.82, 2.24) is 20.3 Å². The van der Waals surface area contributed by atoms with Crippen LogP contribution in [0.15, 0.2) is 46.1 Å². The Kier molecular flexibility index (Phi) is 6.77. The van der Waals surface area contributed by atoms with Gasteiger partial charge in [0, 0.05) is 51.4 Å². The summed E-state index contributed by atoms with van der Waals surface area (Å²) in [6.45, 7) is 4.52. The molecule has 1 saturated heterocycles. The predicted octanol–water partition coefficient (Wildman–Crippen LogP) is 2.44. The molecule has 6 nitrogen and oxygen atoms in total. The van der Waals surface area contributed by atoms with E-state index < -0.39 is 11.7 Å². The number of alkyl halides is 3. The Morgan fingerprint density at radius 1 is 1.17 bits per heavy atom. The molecule has 1 aromatic carbocycles. The van der Waals surface area contributed by atoms with E-state index in [1.54, 1.807) is 13.3 Å². The highest BCUT2D eigenvalue weighted by molar-refractivity contribution is 5.80. The normalized spacial score (nSPS) is 15.7.